The van der Waals surface area contributed by atoms with Gasteiger partial charge in [-0.2, -0.15) is 0 Å². The second-order valence-corrected chi connectivity index (χ2v) is 8.48. The maximum absolute atomic E-state index is 12.9. The Morgan fingerprint density at radius 1 is 1.06 bits per heavy atom. The highest BCUT2D eigenvalue weighted by Crippen LogP contribution is 2.52. The third-order valence-corrected chi connectivity index (χ3v) is 6.56. The van der Waals surface area contributed by atoms with Gasteiger partial charge in [0.1, 0.15) is 11.5 Å². The van der Waals surface area contributed by atoms with Crippen LogP contribution in [-0.2, 0) is 29.6 Å². The number of hydrogen-bond acceptors (Lipinski definition) is 5. The molecule has 6 nitrogen and oxygen atoms in total. The summed E-state index contributed by atoms with van der Waals surface area (Å²) in [7, 11) is 0. The lowest BCUT2D eigenvalue weighted by Crippen LogP contribution is -2.37. The molecule has 1 saturated carbocycles. The summed E-state index contributed by atoms with van der Waals surface area (Å²) in [5, 5.41) is 5.00. The summed E-state index contributed by atoms with van der Waals surface area (Å²) in [6.07, 6.45) is 5.09. The number of aromatic nitrogens is 3. The molecular weight excluding hydrogens is 388 g/mol. The highest BCUT2D eigenvalue weighted by Gasteiger charge is 2.48. The van der Waals surface area contributed by atoms with E-state index in [1.165, 1.54) is 5.56 Å². The van der Waals surface area contributed by atoms with E-state index in [0.29, 0.717) is 24.4 Å². The molecule has 3 heterocycles. The number of amides is 1. The van der Waals surface area contributed by atoms with Crippen LogP contribution in [-0.4, -0.2) is 32.5 Å². The molecular formula is C25H22N4O2. The monoisotopic (exact) mass is 410 g/mol. The predicted octanol–water partition coefficient (Wildman–Crippen LogP) is 3.83. The zero-order valence-electron chi connectivity index (χ0n) is 17.1. The van der Waals surface area contributed by atoms with Gasteiger partial charge in [0.15, 0.2) is 5.58 Å². The number of carbonyl (C=O) groups is 1. The van der Waals surface area contributed by atoms with Gasteiger partial charge in [-0.25, -0.2) is 9.97 Å². The van der Waals surface area contributed by atoms with Crippen molar-refractivity contribution in [1.82, 2.24) is 20.0 Å². The molecule has 1 aliphatic heterocycles. The van der Waals surface area contributed by atoms with Crippen LogP contribution in [0.5, 0.6) is 0 Å². The highest BCUT2D eigenvalue weighted by molar-refractivity contribution is 5.86. The summed E-state index contributed by atoms with van der Waals surface area (Å²) in [5.41, 5.74) is 4.78. The third kappa shape index (κ3) is 3.10. The molecule has 0 atom stereocenters. The molecule has 0 spiro atoms. The van der Waals surface area contributed by atoms with E-state index < -0.39 is 0 Å². The Hall–Kier alpha value is -3.54. The van der Waals surface area contributed by atoms with Crippen molar-refractivity contribution in [2.24, 2.45) is 0 Å². The second-order valence-electron chi connectivity index (χ2n) is 8.48. The average Bonchev–Trinajstić information content (AvgIpc) is 3.55. The van der Waals surface area contributed by atoms with Crippen LogP contribution < -0.4 is 0 Å². The van der Waals surface area contributed by atoms with Crippen LogP contribution in [0.3, 0.4) is 0 Å². The summed E-state index contributed by atoms with van der Waals surface area (Å²) in [6.45, 7) is 1.21. The smallest absolute Gasteiger partial charge is 0.229 e. The average molecular weight is 410 g/mol. The van der Waals surface area contributed by atoms with Crippen LogP contribution in [0.15, 0.2) is 65.3 Å². The molecule has 1 aliphatic carbocycles. The number of fused-ring (bicyclic) bond motifs is 2. The normalized spacial score (nSPS) is 16.8. The zero-order chi connectivity index (χ0) is 20.8. The van der Waals surface area contributed by atoms with E-state index in [-0.39, 0.29) is 17.7 Å². The SMILES string of the molecule is O=C(Cc1noc2ccccc12)N1CCc2nc(C3(c4ccccc4)CC3)ncc2C1. The number of carbonyl (C=O) groups excluding carboxylic acids is 1. The molecule has 1 amide bonds. The van der Waals surface area contributed by atoms with Gasteiger partial charge in [-0.3, -0.25) is 4.79 Å². The Morgan fingerprint density at radius 3 is 2.71 bits per heavy atom. The lowest BCUT2D eigenvalue weighted by atomic mass is 9.94. The standard InChI is InChI=1S/C25H22N4O2/c30-23(14-21-19-8-4-5-9-22(19)31-28-21)29-13-10-20-17(16-29)15-26-24(27-20)25(11-12-25)18-6-2-1-3-7-18/h1-9,15H,10-14,16H2. The minimum Gasteiger partial charge on any atom is -0.356 e. The maximum Gasteiger partial charge on any atom is 0.229 e. The molecule has 1 fully saturated rings. The quantitative estimate of drug-likeness (QED) is 0.511. The van der Waals surface area contributed by atoms with Crippen molar-refractivity contribution >= 4 is 16.9 Å². The maximum atomic E-state index is 12.9. The molecule has 6 heteroatoms. The van der Waals surface area contributed by atoms with Crippen molar-refractivity contribution < 1.29 is 9.32 Å². The Morgan fingerprint density at radius 2 is 1.87 bits per heavy atom. The number of rotatable bonds is 4. The first-order valence-corrected chi connectivity index (χ1v) is 10.7. The zero-order valence-corrected chi connectivity index (χ0v) is 17.1. The van der Waals surface area contributed by atoms with E-state index in [1.807, 2.05) is 41.4 Å². The molecule has 0 radical (unpaired) electrons. The molecule has 31 heavy (non-hydrogen) atoms. The van der Waals surface area contributed by atoms with Gasteiger partial charge in [0.05, 0.1) is 17.5 Å². The first-order chi connectivity index (χ1) is 15.2. The van der Waals surface area contributed by atoms with Crippen LogP contribution in [0, 0.1) is 0 Å². The summed E-state index contributed by atoms with van der Waals surface area (Å²) < 4.78 is 5.34. The van der Waals surface area contributed by atoms with Gasteiger partial charge in [-0.15, -0.1) is 0 Å². The molecule has 154 valence electrons. The molecule has 0 N–H and O–H groups in total. The minimum absolute atomic E-state index is 0.0305. The van der Waals surface area contributed by atoms with E-state index >= 15 is 0 Å². The lowest BCUT2D eigenvalue weighted by molar-refractivity contribution is -0.131. The molecule has 2 aromatic heterocycles. The molecule has 2 aromatic carbocycles. The number of benzene rings is 2. The first kappa shape index (κ1) is 18.2. The molecule has 0 bridgehead atoms. The van der Waals surface area contributed by atoms with E-state index in [0.717, 1.165) is 41.7 Å². The van der Waals surface area contributed by atoms with Crippen molar-refractivity contribution in [3.05, 3.63) is 89.1 Å². The van der Waals surface area contributed by atoms with Crippen molar-refractivity contribution in [3.63, 3.8) is 0 Å². The van der Waals surface area contributed by atoms with Gasteiger partial charge in [0.2, 0.25) is 5.91 Å². The first-order valence-electron chi connectivity index (χ1n) is 10.7. The molecule has 2 aliphatic rings. The van der Waals surface area contributed by atoms with Crippen molar-refractivity contribution in [2.45, 2.75) is 37.6 Å². The molecule has 4 aromatic rings. The van der Waals surface area contributed by atoms with E-state index in [9.17, 15) is 4.79 Å². The number of hydrogen-bond donors (Lipinski definition) is 0. The van der Waals surface area contributed by atoms with Gasteiger partial charge in [-0.1, -0.05) is 47.6 Å². The van der Waals surface area contributed by atoms with Gasteiger partial charge >= 0.3 is 0 Å². The Bertz CT molecular complexity index is 1280. The van der Waals surface area contributed by atoms with Crippen LogP contribution >= 0.6 is 0 Å². The fraction of sp³-hybridized carbons (Fsp3) is 0.280. The Balaban J connectivity index is 1.21. The van der Waals surface area contributed by atoms with Gasteiger partial charge in [-0.05, 0) is 30.5 Å². The fourth-order valence-electron chi connectivity index (χ4n) is 4.60. The molecule has 6 rings (SSSR count). The van der Waals surface area contributed by atoms with E-state index in [4.69, 9.17) is 14.5 Å². The largest absolute Gasteiger partial charge is 0.356 e. The van der Waals surface area contributed by atoms with Crippen molar-refractivity contribution in [3.8, 4) is 0 Å². The van der Waals surface area contributed by atoms with Crippen LogP contribution in [0.4, 0.5) is 0 Å². The van der Waals surface area contributed by atoms with Crippen molar-refractivity contribution in [2.75, 3.05) is 6.54 Å². The lowest BCUT2D eigenvalue weighted by Gasteiger charge is -2.28. The number of para-hydroxylation sites is 1. The molecule has 0 saturated heterocycles. The third-order valence-electron chi connectivity index (χ3n) is 6.56. The predicted molar refractivity (Wildman–Crippen MR) is 115 cm³/mol. The fourth-order valence-corrected chi connectivity index (χ4v) is 4.60. The topological polar surface area (TPSA) is 72.1 Å². The van der Waals surface area contributed by atoms with Gasteiger partial charge < -0.3 is 9.42 Å². The van der Waals surface area contributed by atoms with Crippen LogP contribution in [0.2, 0.25) is 0 Å². The number of nitrogens with zero attached hydrogens (tertiary/aromatic N) is 4. The summed E-state index contributed by atoms with van der Waals surface area (Å²) >= 11 is 0. The van der Waals surface area contributed by atoms with E-state index in [1.54, 1.807) is 0 Å². The molecule has 0 unspecified atom stereocenters. The summed E-state index contributed by atoms with van der Waals surface area (Å²) in [4.78, 5) is 24.5. The minimum atomic E-state index is -0.0305. The van der Waals surface area contributed by atoms with Gasteiger partial charge in [0.25, 0.3) is 0 Å². The summed E-state index contributed by atoms with van der Waals surface area (Å²) in [6, 6.07) is 18.2. The summed E-state index contributed by atoms with van der Waals surface area (Å²) in [5.74, 6) is 0.975. The van der Waals surface area contributed by atoms with Crippen LogP contribution in [0.25, 0.3) is 11.0 Å². The second kappa shape index (κ2) is 7.01. The highest BCUT2D eigenvalue weighted by atomic mass is 16.5. The van der Waals surface area contributed by atoms with Gasteiger partial charge in [0, 0.05) is 36.7 Å². The Kier molecular flexibility index (Phi) is 4.13. The Labute approximate surface area is 179 Å². The van der Waals surface area contributed by atoms with Crippen LogP contribution in [0.1, 0.15) is 41.2 Å². The van der Waals surface area contributed by atoms with E-state index in [2.05, 4.69) is 29.4 Å². The van der Waals surface area contributed by atoms with Crippen molar-refractivity contribution in [1.29, 1.82) is 0 Å².